The summed E-state index contributed by atoms with van der Waals surface area (Å²) in [5.74, 6) is 1.19. The van der Waals surface area contributed by atoms with Gasteiger partial charge in [-0.05, 0) is 29.2 Å². The molecule has 25 heavy (non-hydrogen) atoms. The zero-order valence-electron chi connectivity index (χ0n) is 14.8. The van der Waals surface area contributed by atoms with E-state index in [1.807, 2.05) is 12.1 Å². The Labute approximate surface area is 146 Å². The van der Waals surface area contributed by atoms with E-state index in [1.165, 1.54) is 0 Å². The maximum atomic E-state index is 11.3. The van der Waals surface area contributed by atoms with Gasteiger partial charge in [-0.3, -0.25) is 0 Å². The Balaban J connectivity index is 2.09. The molecule has 0 fully saturated rings. The first-order chi connectivity index (χ1) is 11.9. The fourth-order valence-electron chi connectivity index (χ4n) is 3.53. The van der Waals surface area contributed by atoms with Gasteiger partial charge >= 0.3 is 6.09 Å². The highest BCUT2D eigenvalue weighted by Gasteiger charge is 2.41. The van der Waals surface area contributed by atoms with E-state index in [1.54, 1.807) is 26.5 Å². The molecule has 1 aliphatic carbocycles. The highest BCUT2D eigenvalue weighted by Crippen LogP contribution is 2.49. The zero-order valence-corrected chi connectivity index (χ0v) is 14.8. The van der Waals surface area contributed by atoms with Gasteiger partial charge in [0, 0.05) is 11.6 Å². The number of carbonyl (C=O) groups excluding carboxylic acids is 1. The van der Waals surface area contributed by atoms with Crippen LogP contribution in [0.2, 0.25) is 0 Å². The smallest absolute Gasteiger partial charge is 0.405 e. The van der Waals surface area contributed by atoms with Crippen LogP contribution in [-0.4, -0.2) is 25.3 Å². The van der Waals surface area contributed by atoms with Crippen LogP contribution in [0, 0.1) is 5.41 Å². The van der Waals surface area contributed by atoms with Gasteiger partial charge in [-0.25, -0.2) is 9.78 Å². The van der Waals surface area contributed by atoms with Crippen molar-refractivity contribution in [3.8, 4) is 22.8 Å². The Morgan fingerprint density at radius 2 is 2.00 bits per heavy atom. The maximum Gasteiger partial charge on any atom is 0.405 e. The molecule has 0 aliphatic heterocycles. The minimum Gasteiger partial charge on any atom is -0.496 e. The van der Waals surface area contributed by atoms with Gasteiger partial charge in [0.1, 0.15) is 11.9 Å². The Morgan fingerprint density at radius 1 is 1.24 bits per heavy atom. The lowest BCUT2D eigenvalue weighted by Crippen LogP contribution is -2.25. The van der Waals surface area contributed by atoms with E-state index in [0.29, 0.717) is 11.6 Å². The Hall–Kier alpha value is -2.76. The van der Waals surface area contributed by atoms with Crippen LogP contribution in [-0.2, 0) is 11.2 Å². The van der Waals surface area contributed by atoms with Gasteiger partial charge in [0.05, 0.1) is 19.8 Å². The number of rotatable bonds is 4. The van der Waals surface area contributed by atoms with Crippen LogP contribution in [0.5, 0.6) is 11.6 Å². The Bertz CT molecular complexity index is 795. The number of fused-ring (bicyclic) bond motifs is 1. The summed E-state index contributed by atoms with van der Waals surface area (Å²) in [6.45, 7) is 4.12. The Kier molecular flexibility index (Phi) is 4.29. The van der Waals surface area contributed by atoms with E-state index >= 15 is 0 Å². The van der Waals surface area contributed by atoms with Crippen molar-refractivity contribution in [1.29, 1.82) is 0 Å². The summed E-state index contributed by atoms with van der Waals surface area (Å²) >= 11 is 0. The zero-order chi connectivity index (χ0) is 18.2. The van der Waals surface area contributed by atoms with Crippen molar-refractivity contribution >= 4 is 6.09 Å². The predicted octanol–water partition coefficient (Wildman–Crippen LogP) is 3.48. The molecule has 0 bridgehead atoms. The van der Waals surface area contributed by atoms with Gasteiger partial charge in [-0.15, -0.1) is 0 Å². The lowest BCUT2D eigenvalue weighted by Gasteiger charge is -2.26. The van der Waals surface area contributed by atoms with Gasteiger partial charge in [0.15, 0.2) is 0 Å². The number of hydrogen-bond donors (Lipinski definition) is 1. The van der Waals surface area contributed by atoms with Crippen LogP contribution in [0.3, 0.4) is 0 Å². The second-order valence-corrected chi connectivity index (χ2v) is 6.79. The van der Waals surface area contributed by atoms with E-state index in [0.717, 1.165) is 28.7 Å². The van der Waals surface area contributed by atoms with E-state index in [9.17, 15) is 4.79 Å². The number of ether oxygens (including phenoxy) is 3. The van der Waals surface area contributed by atoms with E-state index in [2.05, 4.69) is 24.9 Å². The van der Waals surface area contributed by atoms with Crippen LogP contribution in [0.25, 0.3) is 11.1 Å². The molecule has 1 aromatic heterocycles. The summed E-state index contributed by atoms with van der Waals surface area (Å²) in [7, 11) is 3.20. The molecule has 0 radical (unpaired) electrons. The minimum absolute atomic E-state index is 0.223. The third-order valence-corrected chi connectivity index (χ3v) is 4.60. The molecule has 3 rings (SSSR count). The number of nitrogens with two attached hydrogens (primary N) is 1. The van der Waals surface area contributed by atoms with Gasteiger partial charge in [0.2, 0.25) is 5.88 Å². The second kappa shape index (κ2) is 6.27. The largest absolute Gasteiger partial charge is 0.496 e. The van der Waals surface area contributed by atoms with E-state index in [-0.39, 0.29) is 11.5 Å². The molecule has 1 aromatic carbocycles. The maximum absolute atomic E-state index is 11.3. The number of benzene rings is 1. The van der Waals surface area contributed by atoms with E-state index in [4.69, 9.17) is 19.9 Å². The molecule has 6 nitrogen and oxygen atoms in total. The van der Waals surface area contributed by atoms with Crippen LogP contribution < -0.4 is 15.2 Å². The van der Waals surface area contributed by atoms with Crippen LogP contribution >= 0.6 is 0 Å². The number of pyridine rings is 1. The first-order valence-electron chi connectivity index (χ1n) is 8.03. The van der Waals surface area contributed by atoms with Crippen molar-refractivity contribution in [3.05, 3.63) is 41.6 Å². The normalized spacial score (nSPS) is 17.7. The standard InChI is InChI=1S/C19H22N2O4/c1-19(2)10-12-9-11(5-6-13(12)16(19)25-18(20)22)15-14(23-3)7-8-21-17(15)24-4/h5-9,16H,10H2,1-4H3,(H2,20,22). The molecule has 132 valence electrons. The first kappa shape index (κ1) is 17.1. The number of carbonyl (C=O) groups is 1. The molecule has 6 heteroatoms. The quantitative estimate of drug-likeness (QED) is 0.919. The summed E-state index contributed by atoms with van der Waals surface area (Å²) < 4.78 is 16.2. The fourth-order valence-corrected chi connectivity index (χ4v) is 3.53. The molecule has 1 aliphatic rings. The number of hydrogen-bond acceptors (Lipinski definition) is 5. The lowest BCUT2D eigenvalue weighted by molar-refractivity contribution is 0.0392. The molecular formula is C19H22N2O4. The topological polar surface area (TPSA) is 83.7 Å². The summed E-state index contributed by atoms with van der Waals surface area (Å²) in [5.41, 5.74) is 8.85. The summed E-state index contributed by atoms with van der Waals surface area (Å²) in [6.07, 6.45) is 1.31. The third kappa shape index (κ3) is 2.99. The van der Waals surface area contributed by atoms with Gasteiger partial charge in [-0.1, -0.05) is 32.0 Å². The highest BCUT2D eigenvalue weighted by molar-refractivity contribution is 5.76. The average molecular weight is 342 g/mol. The SMILES string of the molecule is COc1ccnc(OC)c1-c1ccc2c(c1)CC(C)(C)C2OC(N)=O. The van der Waals surface area contributed by atoms with Crippen LogP contribution in [0.1, 0.15) is 31.1 Å². The minimum atomic E-state index is -0.759. The molecule has 0 saturated carbocycles. The monoisotopic (exact) mass is 342 g/mol. The Morgan fingerprint density at radius 3 is 2.64 bits per heavy atom. The first-order valence-corrected chi connectivity index (χ1v) is 8.03. The fraction of sp³-hybridized carbons (Fsp3) is 0.368. The highest BCUT2D eigenvalue weighted by atomic mass is 16.6. The number of primary amides is 1. The molecule has 1 heterocycles. The third-order valence-electron chi connectivity index (χ3n) is 4.60. The number of nitrogens with zero attached hydrogens (tertiary/aromatic N) is 1. The number of methoxy groups -OCH3 is 2. The molecule has 2 N–H and O–H groups in total. The van der Waals surface area contributed by atoms with Crippen molar-refractivity contribution in [2.75, 3.05) is 14.2 Å². The molecule has 1 atom stereocenters. The second-order valence-electron chi connectivity index (χ2n) is 6.79. The average Bonchev–Trinajstić information content (AvgIpc) is 2.82. The molecule has 0 spiro atoms. The molecule has 0 saturated heterocycles. The number of aromatic nitrogens is 1. The molecule has 1 amide bonds. The van der Waals surface area contributed by atoms with Crippen LogP contribution in [0.15, 0.2) is 30.5 Å². The van der Waals surface area contributed by atoms with Crippen molar-refractivity contribution in [2.24, 2.45) is 11.1 Å². The van der Waals surface area contributed by atoms with Crippen molar-refractivity contribution in [2.45, 2.75) is 26.4 Å². The van der Waals surface area contributed by atoms with Crippen molar-refractivity contribution in [1.82, 2.24) is 4.98 Å². The van der Waals surface area contributed by atoms with Gasteiger partial charge in [0.25, 0.3) is 0 Å². The predicted molar refractivity (Wildman–Crippen MR) is 93.7 cm³/mol. The summed E-state index contributed by atoms with van der Waals surface area (Å²) in [6, 6.07) is 7.80. The van der Waals surface area contributed by atoms with Gasteiger partial charge < -0.3 is 19.9 Å². The summed E-state index contributed by atoms with van der Waals surface area (Å²) in [5, 5.41) is 0. The lowest BCUT2D eigenvalue weighted by atomic mass is 9.87. The number of amides is 1. The molecular weight excluding hydrogens is 320 g/mol. The van der Waals surface area contributed by atoms with Gasteiger partial charge in [-0.2, -0.15) is 0 Å². The van der Waals surface area contributed by atoms with Crippen molar-refractivity contribution < 1.29 is 19.0 Å². The van der Waals surface area contributed by atoms with Crippen LogP contribution in [0.4, 0.5) is 4.79 Å². The van der Waals surface area contributed by atoms with E-state index < -0.39 is 6.09 Å². The summed E-state index contributed by atoms with van der Waals surface area (Å²) in [4.78, 5) is 15.5. The molecule has 2 aromatic rings. The van der Waals surface area contributed by atoms with Crippen molar-refractivity contribution in [3.63, 3.8) is 0 Å². The molecule has 1 unspecified atom stereocenters.